The molecule has 2 N–H and O–H groups in total. The first-order chi connectivity index (χ1) is 11.5. The molecule has 0 saturated heterocycles. The second-order valence-electron chi connectivity index (χ2n) is 5.38. The number of hydrogen-bond acceptors (Lipinski definition) is 4. The van der Waals surface area contributed by atoms with Gasteiger partial charge in [-0.1, -0.05) is 18.2 Å². The molecule has 0 bridgehead atoms. The molecule has 24 heavy (non-hydrogen) atoms. The van der Waals surface area contributed by atoms with Crippen molar-refractivity contribution in [3.8, 4) is 5.95 Å². The summed E-state index contributed by atoms with van der Waals surface area (Å²) in [5.74, 6) is 1.35. The average Bonchev–Trinajstić information content (AvgIpc) is 2.82. The number of urea groups is 1. The third-order valence-corrected chi connectivity index (χ3v) is 3.64. The molecule has 1 aromatic carbocycles. The fourth-order valence-corrected chi connectivity index (χ4v) is 2.39. The highest BCUT2D eigenvalue weighted by Crippen LogP contribution is 2.15. The summed E-state index contributed by atoms with van der Waals surface area (Å²) in [6, 6.07) is 8.87. The number of aromatic nitrogens is 4. The summed E-state index contributed by atoms with van der Waals surface area (Å²) in [5, 5.41) is 5.44. The summed E-state index contributed by atoms with van der Waals surface area (Å²) in [4.78, 5) is 25.0. The van der Waals surface area contributed by atoms with Gasteiger partial charge in [-0.15, -0.1) is 0 Å². The molecule has 2 aromatic heterocycles. The zero-order valence-electron chi connectivity index (χ0n) is 13.7. The first kappa shape index (κ1) is 15.7. The Morgan fingerprint density at radius 2 is 1.58 bits per heavy atom. The number of para-hydroxylation sites is 1. The van der Waals surface area contributed by atoms with Crippen molar-refractivity contribution < 1.29 is 4.79 Å². The molecule has 2 amide bonds. The lowest BCUT2D eigenvalue weighted by Crippen LogP contribution is -2.19. The molecule has 7 heteroatoms. The summed E-state index contributed by atoms with van der Waals surface area (Å²) >= 11 is 0. The Hall–Kier alpha value is -3.22. The highest BCUT2D eigenvalue weighted by molar-refractivity contribution is 5.99. The number of nitrogens with one attached hydrogen (secondary N) is 2. The molecule has 7 nitrogen and oxygen atoms in total. The van der Waals surface area contributed by atoms with Gasteiger partial charge in [0.1, 0.15) is 5.82 Å². The average molecular weight is 322 g/mol. The number of carbonyl (C=O) groups is 1. The van der Waals surface area contributed by atoms with E-state index in [0.29, 0.717) is 17.3 Å². The van der Waals surface area contributed by atoms with Gasteiger partial charge in [-0.2, -0.15) is 0 Å². The lowest BCUT2D eigenvalue weighted by molar-refractivity contribution is 0.262. The summed E-state index contributed by atoms with van der Waals surface area (Å²) in [7, 11) is 0. The van der Waals surface area contributed by atoms with Crippen LogP contribution < -0.4 is 10.6 Å². The van der Waals surface area contributed by atoms with E-state index in [0.717, 1.165) is 17.2 Å². The van der Waals surface area contributed by atoms with Crippen LogP contribution in [0.15, 0.2) is 42.7 Å². The van der Waals surface area contributed by atoms with Gasteiger partial charge in [-0.05, 0) is 32.9 Å². The van der Waals surface area contributed by atoms with Crippen molar-refractivity contribution in [3.05, 3.63) is 59.9 Å². The topological polar surface area (TPSA) is 84.7 Å². The Balaban J connectivity index is 1.72. The maximum Gasteiger partial charge on any atom is 0.323 e. The van der Waals surface area contributed by atoms with Crippen LogP contribution in [-0.4, -0.2) is 25.6 Å². The molecule has 0 fully saturated rings. The van der Waals surface area contributed by atoms with Crippen LogP contribution in [0.2, 0.25) is 0 Å². The Kier molecular flexibility index (Phi) is 4.24. The first-order valence-electron chi connectivity index (χ1n) is 7.52. The number of aryl methyl sites for hydroxylation is 2. The SMILES string of the molecule is Cc1nc(C)n(-c2ncc(NC(=O)Nc3ccccc3)cn2)c1C. The van der Waals surface area contributed by atoms with Crippen molar-refractivity contribution >= 4 is 17.4 Å². The number of hydrogen-bond donors (Lipinski definition) is 2. The van der Waals surface area contributed by atoms with Gasteiger partial charge >= 0.3 is 6.03 Å². The molecular weight excluding hydrogens is 304 g/mol. The fraction of sp³-hybridized carbons (Fsp3) is 0.176. The van der Waals surface area contributed by atoms with E-state index in [1.54, 1.807) is 12.4 Å². The predicted octanol–water partition coefficient (Wildman–Crippen LogP) is 3.23. The summed E-state index contributed by atoms with van der Waals surface area (Å²) < 4.78 is 1.88. The Morgan fingerprint density at radius 3 is 2.17 bits per heavy atom. The van der Waals surface area contributed by atoms with Crippen LogP contribution in [0.1, 0.15) is 17.2 Å². The molecule has 0 aliphatic heterocycles. The summed E-state index contributed by atoms with van der Waals surface area (Å²) in [5.41, 5.74) is 3.17. The Bertz CT molecular complexity index is 855. The van der Waals surface area contributed by atoms with Crippen LogP contribution in [0.4, 0.5) is 16.2 Å². The largest absolute Gasteiger partial charge is 0.323 e. The van der Waals surface area contributed by atoms with Crippen LogP contribution >= 0.6 is 0 Å². The molecule has 3 aromatic rings. The van der Waals surface area contributed by atoms with Crippen molar-refractivity contribution in [1.29, 1.82) is 0 Å². The van der Waals surface area contributed by atoms with Crippen molar-refractivity contribution in [2.24, 2.45) is 0 Å². The van der Waals surface area contributed by atoms with E-state index in [1.807, 2.05) is 55.7 Å². The van der Waals surface area contributed by atoms with Gasteiger partial charge < -0.3 is 10.6 Å². The quantitative estimate of drug-likeness (QED) is 0.775. The molecule has 0 atom stereocenters. The zero-order valence-corrected chi connectivity index (χ0v) is 13.7. The Morgan fingerprint density at radius 1 is 0.958 bits per heavy atom. The van der Waals surface area contributed by atoms with Crippen LogP contribution in [-0.2, 0) is 0 Å². The summed E-state index contributed by atoms with van der Waals surface area (Å²) in [6.07, 6.45) is 3.14. The smallest absolute Gasteiger partial charge is 0.308 e. The van der Waals surface area contributed by atoms with E-state index in [-0.39, 0.29) is 6.03 Å². The van der Waals surface area contributed by atoms with E-state index in [4.69, 9.17) is 0 Å². The minimum absolute atomic E-state index is 0.344. The van der Waals surface area contributed by atoms with Crippen molar-refractivity contribution in [3.63, 3.8) is 0 Å². The molecule has 0 aliphatic rings. The van der Waals surface area contributed by atoms with Gasteiger partial charge in [-0.3, -0.25) is 4.57 Å². The van der Waals surface area contributed by atoms with E-state index in [9.17, 15) is 4.79 Å². The molecule has 122 valence electrons. The molecule has 0 radical (unpaired) electrons. The molecule has 0 saturated carbocycles. The normalized spacial score (nSPS) is 10.5. The van der Waals surface area contributed by atoms with E-state index in [1.165, 1.54) is 0 Å². The fourth-order valence-electron chi connectivity index (χ4n) is 2.39. The van der Waals surface area contributed by atoms with Crippen molar-refractivity contribution in [2.45, 2.75) is 20.8 Å². The monoisotopic (exact) mass is 322 g/mol. The molecule has 0 spiro atoms. The second kappa shape index (κ2) is 6.49. The van der Waals surface area contributed by atoms with Crippen molar-refractivity contribution in [2.75, 3.05) is 10.6 Å². The second-order valence-corrected chi connectivity index (χ2v) is 5.38. The van der Waals surface area contributed by atoms with Gasteiger partial charge in [-0.25, -0.2) is 19.7 Å². The van der Waals surface area contributed by atoms with Crippen LogP contribution in [0, 0.1) is 20.8 Å². The van der Waals surface area contributed by atoms with Gasteiger partial charge in [0.05, 0.1) is 23.8 Å². The number of carbonyl (C=O) groups excluding carboxylic acids is 1. The predicted molar refractivity (Wildman–Crippen MR) is 92.4 cm³/mol. The maximum absolute atomic E-state index is 12.0. The molecular formula is C17H18N6O. The van der Waals surface area contributed by atoms with Gasteiger partial charge in [0.15, 0.2) is 0 Å². The maximum atomic E-state index is 12.0. The summed E-state index contributed by atoms with van der Waals surface area (Å²) in [6.45, 7) is 5.82. The third-order valence-electron chi connectivity index (χ3n) is 3.64. The van der Waals surface area contributed by atoms with Gasteiger partial charge in [0.2, 0.25) is 5.95 Å². The number of nitrogens with zero attached hydrogens (tertiary/aromatic N) is 4. The highest BCUT2D eigenvalue weighted by Gasteiger charge is 2.11. The van der Waals surface area contributed by atoms with E-state index >= 15 is 0 Å². The number of amides is 2. The minimum atomic E-state index is -0.344. The van der Waals surface area contributed by atoms with Gasteiger partial charge in [0, 0.05) is 11.4 Å². The number of anilines is 2. The first-order valence-corrected chi connectivity index (χ1v) is 7.52. The van der Waals surface area contributed by atoms with E-state index < -0.39 is 0 Å². The van der Waals surface area contributed by atoms with Crippen molar-refractivity contribution in [1.82, 2.24) is 19.5 Å². The minimum Gasteiger partial charge on any atom is -0.308 e. The standard InChI is InChI=1S/C17H18N6O/c1-11-12(2)23(13(3)20-11)16-18-9-15(10-19-16)22-17(24)21-14-7-5-4-6-8-14/h4-10H,1-3H3,(H2,21,22,24). The van der Waals surface area contributed by atoms with Crippen LogP contribution in [0.3, 0.4) is 0 Å². The molecule has 3 rings (SSSR count). The van der Waals surface area contributed by atoms with Crippen LogP contribution in [0.25, 0.3) is 5.95 Å². The Labute approximate surface area is 139 Å². The lowest BCUT2D eigenvalue weighted by atomic mass is 10.3. The zero-order chi connectivity index (χ0) is 17.1. The van der Waals surface area contributed by atoms with Gasteiger partial charge in [0.25, 0.3) is 0 Å². The number of benzene rings is 1. The number of imidazole rings is 1. The van der Waals surface area contributed by atoms with E-state index in [2.05, 4.69) is 25.6 Å². The number of rotatable bonds is 3. The lowest BCUT2D eigenvalue weighted by Gasteiger charge is -2.09. The molecule has 0 unspecified atom stereocenters. The highest BCUT2D eigenvalue weighted by atomic mass is 16.2. The van der Waals surface area contributed by atoms with Crippen LogP contribution in [0.5, 0.6) is 0 Å². The molecule has 2 heterocycles. The molecule has 0 aliphatic carbocycles. The third kappa shape index (κ3) is 3.24.